The first kappa shape index (κ1) is 56.0. The minimum absolute atomic E-state index is 0.0147. The monoisotopic (exact) mass is 936 g/mol. The topological polar surface area (TPSA) is 384 Å². The molecule has 0 aliphatic carbocycles. The quantitative estimate of drug-likeness (QED) is 0.0194. The molecule has 2 aromatic rings. The van der Waals surface area contributed by atoms with E-state index in [-0.39, 0.29) is 81.2 Å². The lowest BCUT2D eigenvalue weighted by Crippen LogP contribution is -2.59. The molecule has 0 saturated heterocycles. The van der Waals surface area contributed by atoms with Gasteiger partial charge in [-0.15, -0.1) is 0 Å². The number of aliphatic imine (C=N–C) groups is 2. The molecule has 6 atom stereocenters. The molecule has 368 valence electrons. The van der Waals surface area contributed by atoms with Crippen molar-refractivity contribution in [2.45, 2.75) is 116 Å². The van der Waals surface area contributed by atoms with E-state index in [1.807, 2.05) is 13.8 Å². The van der Waals surface area contributed by atoms with Crippen LogP contribution in [0.25, 0.3) is 0 Å². The number of benzene rings is 2. The van der Waals surface area contributed by atoms with Gasteiger partial charge in [0.05, 0.1) is 6.04 Å². The Bertz CT molecular complexity index is 2040. The Morgan fingerprint density at radius 3 is 1.52 bits per heavy atom. The van der Waals surface area contributed by atoms with E-state index in [0.717, 1.165) is 0 Å². The van der Waals surface area contributed by atoms with E-state index in [2.05, 4.69) is 41.9 Å². The number of aliphatic carboxylic acids is 1. The van der Waals surface area contributed by atoms with E-state index in [4.69, 9.17) is 33.8 Å². The number of nitrogens with one attached hydrogen (secondary N) is 6. The number of carbonyl (C=O) groups is 8. The smallest absolute Gasteiger partial charge is 0.322 e. The zero-order valence-electron chi connectivity index (χ0n) is 38.9. The van der Waals surface area contributed by atoms with Crippen LogP contribution in [0.3, 0.4) is 0 Å². The maximum Gasteiger partial charge on any atom is 0.322 e. The maximum atomic E-state index is 14.0. The molecular weight excluding hydrogens is 867 g/mol. The van der Waals surface area contributed by atoms with Crippen molar-refractivity contribution in [1.82, 2.24) is 31.9 Å². The van der Waals surface area contributed by atoms with Crippen LogP contribution in [0.5, 0.6) is 0 Å². The van der Waals surface area contributed by atoms with Gasteiger partial charge in [-0.05, 0) is 62.8 Å². The number of guanidine groups is 2. The summed E-state index contributed by atoms with van der Waals surface area (Å²) in [4.78, 5) is 114. The first-order chi connectivity index (χ1) is 31.6. The van der Waals surface area contributed by atoms with Gasteiger partial charge in [0.25, 0.3) is 0 Å². The minimum atomic E-state index is -1.36. The van der Waals surface area contributed by atoms with Gasteiger partial charge in [0.1, 0.15) is 36.8 Å². The van der Waals surface area contributed by atoms with Crippen molar-refractivity contribution >= 4 is 59.1 Å². The maximum absolute atomic E-state index is 14.0. The second-order valence-electron chi connectivity index (χ2n) is 16.9. The van der Waals surface area contributed by atoms with Gasteiger partial charge in [-0.3, -0.25) is 48.3 Å². The molecule has 17 N–H and O–H groups in total. The highest BCUT2D eigenvalue weighted by Crippen LogP contribution is 2.14. The Morgan fingerprint density at radius 1 is 0.552 bits per heavy atom. The number of nitrogens with two attached hydrogens (primary N) is 5. The van der Waals surface area contributed by atoms with Crippen LogP contribution in [-0.2, 0) is 40.0 Å². The zero-order valence-corrected chi connectivity index (χ0v) is 38.9. The Kier molecular flexibility index (Phi) is 24.0. The first-order valence-corrected chi connectivity index (χ1v) is 22.1. The van der Waals surface area contributed by atoms with Gasteiger partial charge in [-0.1, -0.05) is 82.3 Å². The highest BCUT2D eigenvalue weighted by atomic mass is 16.4. The van der Waals surface area contributed by atoms with Crippen molar-refractivity contribution in [1.29, 1.82) is 0 Å². The molecule has 67 heavy (non-hydrogen) atoms. The molecule has 6 amide bonds. The van der Waals surface area contributed by atoms with Crippen LogP contribution in [0.1, 0.15) is 94.6 Å². The number of hydrogen-bond acceptors (Lipinski definition) is 11. The van der Waals surface area contributed by atoms with Crippen molar-refractivity contribution in [3.8, 4) is 0 Å². The van der Waals surface area contributed by atoms with E-state index in [9.17, 15) is 38.4 Å². The van der Waals surface area contributed by atoms with E-state index >= 15 is 0 Å². The SMILES string of the molecule is CC(C)C[C@H](NC(=O)[C@H](Cc1ccc(C(=O)c2ccccc2)cc1)NC(=O)[C@H](C)NC(=O)[C@H](CCCN=C(N)N)NC(=O)[C@H](CCCN=C(N)N)NC(=O)[C@@H](N)CC(C)C)C(=O)NCC(=O)O. The third-order valence-electron chi connectivity index (χ3n) is 10.0. The van der Waals surface area contributed by atoms with Gasteiger partial charge in [0.15, 0.2) is 17.7 Å². The summed E-state index contributed by atoms with van der Waals surface area (Å²) >= 11 is 0. The molecule has 0 radical (unpaired) electrons. The van der Waals surface area contributed by atoms with Crippen LogP contribution in [-0.4, -0.2) is 120 Å². The fourth-order valence-corrected chi connectivity index (χ4v) is 6.64. The van der Waals surface area contributed by atoms with E-state index in [1.54, 1.807) is 68.4 Å². The molecular formula is C45H69N13O9. The Balaban J connectivity index is 2.41. The third kappa shape index (κ3) is 21.6. The minimum Gasteiger partial charge on any atom is -0.480 e. The Morgan fingerprint density at radius 2 is 1.01 bits per heavy atom. The summed E-state index contributed by atoms with van der Waals surface area (Å²) in [5, 5.41) is 24.6. The Labute approximate surface area is 390 Å². The van der Waals surface area contributed by atoms with Crippen LogP contribution in [0.15, 0.2) is 64.6 Å². The molecule has 0 spiro atoms. The summed E-state index contributed by atoms with van der Waals surface area (Å²) < 4.78 is 0. The van der Waals surface area contributed by atoms with Gasteiger partial charge >= 0.3 is 5.97 Å². The van der Waals surface area contributed by atoms with Gasteiger partial charge in [0, 0.05) is 30.6 Å². The van der Waals surface area contributed by atoms with Crippen molar-refractivity contribution in [2.75, 3.05) is 19.6 Å². The first-order valence-electron chi connectivity index (χ1n) is 22.1. The van der Waals surface area contributed by atoms with Crippen LogP contribution >= 0.6 is 0 Å². The molecule has 0 bridgehead atoms. The zero-order chi connectivity index (χ0) is 50.2. The number of hydrogen-bond donors (Lipinski definition) is 12. The van der Waals surface area contributed by atoms with E-state index in [1.165, 1.54) is 6.92 Å². The number of rotatable bonds is 29. The lowest BCUT2D eigenvalue weighted by atomic mass is 9.98. The number of nitrogens with zero attached hydrogens (tertiary/aromatic N) is 2. The molecule has 0 saturated carbocycles. The highest BCUT2D eigenvalue weighted by molar-refractivity contribution is 6.09. The fourth-order valence-electron chi connectivity index (χ4n) is 6.64. The molecule has 0 heterocycles. The molecule has 22 heteroatoms. The number of ketones is 1. The number of carbonyl (C=O) groups excluding carboxylic acids is 7. The van der Waals surface area contributed by atoms with Gasteiger partial charge < -0.3 is 65.7 Å². The molecule has 2 aromatic carbocycles. The van der Waals surface area contributed by atoms with Crippen molar-refractivity contribution in [3.05, 3.63) is 71.3 Å². The van der Waals surface area contributed by atoms with E-state index in [0.29, 0.717) is 23.1 Å². The number of carboxylic acids is 1. The van der Waals surface area contributed by atoms with Crippen LogP contribution in [0.2, 0.25) is 0 Å². The highest BCUT2D eigenvalue weighted by Gasteiger charge is 2.32. The Hall–Kier alpha value is -7.10. The molecule has 22 nitrogen and oxygen atoms in total. The second kappa shape index (κ2) is 28.7. The summed E-state index contributed by atoms with van der Waals surface area (Å²) in [6.45, 7) is 8.28. The molecule has 0 aliphatic heterocycles. The van der Waals surface area contributed by atoms with Crippen molar-refractivity contribution in [2.24, 2.45) is 50.5 Å². The normalized spacial score (nSPS) is 13.6. The molecule has 0 aliphatic rings. The summed E-state index contributed by atoms with van der Waals surface area (Å²) in [5.74, 6) is -6.39. The van der Waals surface area contributed by atoms with Gasteiger partial charge in [-0.2, -0.15) is 0 Å². The summed E-state index contributed by atoms with van der Waals surface area (Å²) in [5.41, 5.74) is 29.3. The predicted octanol–water partition coefficient (Wildman–Crippen LogP) is -1.37. The van der Waals surface area contributed by atoms with Crippen LogP contribution in [0.4, 0.5) is 0 Å². The molecule has 2 rings (SSSR count). The average molecular weight is 936 g/mol. The lowest BCUT2D eigenvalue weighted by molar-refractivity contribution is -0.138. The fraction of sp³-hybridized carbons (Fsp3) is 0.511. The van der Waals surface area contributed by atoms with Crippen LogP contribution in [0, 0.1) is 11.8 Å². The molecule has 0 fully saturated rings. The van der Waals surface area contributed by atoms with Crippen molar-refractivity contribution < 1.29 is 43.5 Å². The molecule has 0 aromatic heterocycles. The number of carboxylic acid groups (broad SMARTS) is 1. The molecule has 0 unspecified atom stereocenters. The van der Waals surface area contributed by atoms with Crippen molar-refractivity contribution in [3.63, 3.8) is 0 Å². The summed E-state index contributed by atoms with van der Waals surface area (Å²) in [7, 11) is 0. The second-order valence-corrected chi connectivity index (χ2v) is 16.9. The summed E-state index contributed by atoms with van der Waals surface area (Å²) in [6, 6.07) is 7.78. The lowest BCUT2D eigenvalue weighted by Gasteiger charge is -2.27. The van der Waals surface area contributed by atoms with Gasteiger partial charge in [0.2, 0.25) is 35.4 Å². The van der Waals surface area contributed by atoms with Crippen LogP contribution < -0.4 is 60.6 Å². The average Bonchev–Trinajstić information content (AvgIpc) is 3.26. The largest absolute Gasteiger partial charge is 0.480 e. The number of amides is 6. The van der Waals surface area contributed by atoms with Gasteiger partial charge in [-0.25, -0.2) is 0 Å². The standard InChI is InChI=1S/C45H69N13O9/c1-25(2)21-31(46)39(63)55-33(14-10-20-52-45(49)50)42(66)56-32(13-9-19-51-44(47)48)41(65)54-27(5)38(62)57-35(43(67)58-34(22-26(3)4)40(64)53-24-36(59)60)23-28-15-17-30(18-16-28)37(61)29-11-7-6-8-12-29/h6-8,11-12,15-18,25-27,31-35H,9-10,13-14,19-24,46H2,1-5H3,(H,53,64)(H,54,65)(H,55,63)(H,56,66)(H,57,62)(H,58,67)(H,59,60)(H4,47,48,51)(H4,49,50,52)/t27-,31-,32-,33-,34-,35-/m0/s1. The third-order valence-corrected chi connectivity index (χ3v) is 10.0. The predicted molar refractivity (Wildman–Crippen MR) is 253 cm³/mol. The summed E-state index contributed by atoms with van der Waals surface area (Å²) in [6.07, 6.45) is 0.858. The van der Waals surface area contributed by atoms with E-state index < -0.39 is 84.2 Å².